The van der Waals surface area contributed by atoms with Crippen molar-refractivity contribution >= 4 is 16.0 Å². The van der Waals surface area contributed by atoms with Gasteiger partial charge in [0.1, 0.15) is 0 Å². The van der Waals surface area contributed by atoms with E-state index in [1.54, 1.807) is 6.92 Å². The number of hydrogen-bond donors (Lipinski definition) is 1. The van der Waals surface area contributed by atoms with Crippen LogP contribution in [0.2, 0.25) is 0 Å². The molecular formula is C12H23NO4S. The van der Waals surface area contributed by atoms with Crippen LogP contribution < -0.4 is 0 Å². The van der Waals surface area contributed by atoms with Crippen LogP contribution >= 0.6 is 0 Å². The van der Waals surface area contributed by atoms with E-state index in [2.05, 4.69) is 0 Å². The Morgan fingerprint density at radius 2 is 1.83 bits per heavy atom. The van der Waals surface area contributed by atoms with E-state index in [-0.39, 0.29) is 5.75 Å². The molecule has 0 radical (unpaired) electrons. The monoisotopic (exact) mass is 277 g/mol. The van der Waals surface area contributed by atoms with Crippen LogP contribution in [0, 0.1) is 11.3 Å². The van der Waals surface area contributed by atoms with E-state index >= 15 is 0 Å². The molecule has 1 aliphatic rings. The van der Waals surface area contributed by atoms with Crippen LogP contribution in [-0.4, -0.2) is 42.6 Å². The Balaban J connectivity index is 2.60. The zero-order valence-corrected chi connectivity index (χ0v) is 12.2. The van der Waals surface area contributed by atoms with E-state index in [9.17, 15) is 13.2 Å². The molecule has 1 aliphatic heterocycles. The molecule has 0 atom stereocenters. The number of carboxylic acids is 1. The van der Waals surface area contributed by atoms with E-state index in [0.717, 1.165) is 0 Å². The fraction of sp³-hybridized carbons (Fsp3) is 0.917. The summed E-state index contributed by atoms with van der Waals surface area (Å²) in [6.07, 6.45) is 1.43. The number of nitrogens with zero attached hydrogens (tertiary/aromatic N) is 1. The third-order valence-electron chi connectivity index (χ3n) is 3.69. The first-order valence-electron chi connectivity index (χ1n) is 6.38. The minimum absolute atomic E-state index is 0.161. The van der Waals surface area contributed by atoms with Gasteiger partial charge in [0.2, 0.25) is 10.0 Å². The quantitative estimate of drug-likeness (QED) is 0.827. The van der Waals surface area contributed by atoms with E-state index in [1.807, 2.05) is 13.8 Å². The van der Waals surface area contributed by atoms with Gasteiger partial charge in [0.15, 0.2) is 0 Å². The van der Waals surface area contributed by atoms with E-state index < -0.39 is 21.4 Å². The van der Waals surface area contributed by atoms with Crippen molar-refractivity contribution in [1.29, 1.82) is 0 Å². The summed E-state index contributed by atoms with van der Waals surface area (Å²) >= 11 is 0. The third-order valence-corrected chi connectivity index (χ3v) is 5.59. The molecule has 18 heavy (non-hydrogen) atoms. The molecule has 5 nitrogen and oxygen atoms in total. The molecule has 0 unspecified atom stereocenters. The van der Waals surface area contributed by atoms with Crippen LogP contribution in [0.25, 0.3) is 0 Å². The molecule has 1 fully saturated rings. The molecule has 0 saturated carbocycles. The van der Waals surface area contributed by atoms with Crippen molar-refractivity contribution < 1.29 is 18.3 Å². The van der Waals surface area contributed by atoms with Gasteiger partial charge in [0, 0.05) is 13.1 Å². The Labute approximate surface area is 109 Å². The van der Waals surface area contributed by atoms with Crippen molar-refractivity contribution in [2.45, 2.75) is 40.0 Å². The van der Waals surface area contributed by atoms with Crippen LogP contribution in [0.1, 0.15) is 40.0 Å². The second-order valence-corrected chi connectivity index (χ2v) is 7.85. The summed E-state index contributed by atoms with van der Waals surface area (Å²) in [5.74, 6) is -0.315. The van der Waals surface area contributed by atoms with Gasteiger partial charge < -0.3 is 5.11 Å². The van der Waals surface area contributed by atoms with E-state index in [0.29, 0.717) is 38.3 Å². The Kier molecular flexibility index (Phi) is 4.78. The summed E-state index contributed by atoms with van der Waals surface area (Å²) in [5, 5.41) is 9.09. The van der Waals surface area contributed by atoms with Crippen molar-refractivity contribution in [3.63, 3.8) is 0 Å². The second kappa shape index (κ2) is 5.57. The number of aliphatic carboxylic acids is 1. The highest BCUT2D eigenvalue weighted by Gasteiger charge is 2.39. The average Bonchev–Trinajstić information content (AvgIpc) is 2.27. The number of sulfonamides is 1. The molecule has 0 aliphatic carbocycles. The maximum atomic E-state index is 12.0. The van der Waals surface area contributed by atoms with Crippen LogP contribution in [0.4, 0.5) is 0 Å². The smallest absolute Gasteiger partial charge is 0.309 e. The van der Waals surface area contributed by atoms with Gasteiger partial charge in [-0.2, -0.15) is 0 Å². The second-order valence-electron chi connectivity index (χ2n) is 5.76. The molecule has 0 aromatic rings. The minimum Gasteiger partial charge on any atom is -0.481 e. The minimum atomic E-state index is -3.21. The van der Waals surface area contributed by atoms with E-state index in [1.165, 1.54) is 4.31 Å². The van der Waals surface area contributed by atoms with Crippen LogP contribution in [0.5, 0.6) is 0 Å². The zero-order chi connectivity index (χ0) is 14.0. The first kappa shape index (κ1) is 15.4. The number of rotatable bonds is 5. The molecule has 1 saturated heterocycles. The lowest BCUT2D eigenvalue weighted by Crippen LogP contribution is -2.45. The molecule has 6 heteroatoms. The highest BCUT2D eigenvalue weighted by molar-refractivity contribution is 7.89. The van der Waals surface area contributed by atoms with Gasteiger partial charge in [-0.15, -0.1) is 0 Å². The first-order valence-corrected chi connectivity index (χ1v) is 7.99. The lowest BCUT2D eigenvalue weighted by molar-refractivity contribution is -0.150. The molecule has 1 rings (SSSR count). The van der Waals surface area contributed by atoms with Crippen molar-refractivity contribution in [1.82, 2.24) is 4.31 Å². The first-order chi connectivity index (χ1) is 8.17. The van der Waals surface area contributed by atoms with Gasteiger partial charge in [-0.25, -0.2) is 12.7 Å². The maximum absolute atomic E-state index is 12.0. The predicted molar refractivity (Wildman–Crippen MR) is 69.8 cm³/mol. The van der Waals surface area contributed by atoms with Gasteiger partial charge in [0.05, 0.1) is 11.2 Å². The summed E-state index contributed by atoms with van der Waals surface area (Å²) in [4.78, 5) is 11.1. The summed E-state index contributed by atoms with van der Waals surface area (Å²) in [6, 6.07) is 0. The SMILES string of the molecule is CC(C)CCS(=O)(=O)N1CCC(C)(C(=O)O)CC1. The summed E-state index contributed by atoms with van der Waals surface area (Å²) in [7, 11) is -3.21. The Morgan fingerprint density at radius 3 is 2.22 bits per heavy atom. The van der Waals surface area contributed by atoms with Crippen LogP contribution in [0.3, 0.4) is 0 Å². The highest BCUT2D eigenvalue weighted by atomic mass is 32.2. The molecule has 0 aromatic heterocycles. The number of piperidine rings is 1. The molecule has 0 spiro atoms. The summed E-state index contributed by atoms with van der Waals surface area (Å²) in [5.41, 5.74) is -0.774. The number of carboxylic acid groups (broad SMARTS) is 1. The molecular weight excluding hydrogens is 254 g/mol. The highest BCUT2D eigenvalue weighted by Crippen LogP contribution is 2.32. The van der Waals surface area contributed by atoms with Gasteiger partial charge in [-0.05, 0) is 32.1 Å². The molecule has 1 heterocycles. The van der Waals surface area contributed by atoms with Gasteiger partial charge in [-0.1, -0.05) is 13.8 Å². The zero-order valence-electron chi connectivity index (χ0n) is 11.3. The Hall–Kier alpha value is -0.620. The van der Waals surface area contributed by atoms with E-state index in [4.69, 9.17) is 5.11 Å². The van der Waals surface area contributed by atoms with Crippen molar-refractivity contribution in [2.24, 2.45) is 11.3 Å². The van der Waals surface area contributed by atoms with Gasteiger partial charge >= 0.3 is 5.97 Å². The standard InChI is InChI=1S/C12H23NO4S/c1-10(2)4-9-18(16,17)13-7-5-12(3,6-8-13)11(14)15/h10H,4-9H2,1-3H3,(H,14,15). The largest absolute Gasteiger partial charge is 0.481 e. The molecule has 106 valence electrons. The predicted octanol–water partition coefficient (Wildman–Crippen LogP) is 1.55. The lowest BCUT2D eigenvalue weighted by atomic mass is 9.81. The summed E-state index contributed by atoms with van der Waals surface area (Å²) in [6.45, 7) is 6.32. The summed E-state index contributed by atoms with van der Waals surface area (Å²) < 4.78 is 25.5. The van der Waals surface area contributed by atoms with Crippen molar-refractivity contribution in [3.05, 3.63) is 0 Å². The van der Waals surface area contributed by atoms with Gasteiger partial charge in [0.25, 0.3) is 0 Å². The maximum Gasteiger partial charge on any atom is 0.309 e. The van der Waals surface area contributed by atoms with Crippen molar-refractivity contribution in [2.75, 3.05) is 18.8 Å². The Morgan fingerprint density at radius 1 is 1.33 bits per heavy atom. The Bertz CT molecular complexity index is 394. The molecule has 0 amide bonds. The van der Waals surface area contributed by atoms with Crippen LogP contribution in [-0.2, 0) is 14.8 Å². The fourth-order valence-electron chi connectivity index (χ4n) is 1.99. The fourth-order valence-corrected chi connectivity index (χ4v) is 3.75. The normalized spacial score (nSPS) is 21.1. The lowest BCUT2D eigenvalue weighted by Gasteiger charge is -2.35. The van der Waals surface area contributed by atoms with Crippen LogP contribution in [0.15, 0.2) is 0 Å². The third kappa shape index (κ3) is 3.68. The number of hydrogen-bond acceptors (Lipinski definition) is 3. The van der Waals surface area contributed by atoms with Gasteiger partial charge in [-0.3, -0.25) is 4.79 Å². The molecule has 1 N–H and O–H groups in total. The molecule has 0 aromatic carbocycles. The number of carbonyl (C=O) groups is 1. The van der Waals surface area contributed by atoms with Crippen molar-refractivity contribution in [3.8, 4) is 0 Å². The topological polar surface area (TPSA) is 74.7 Å². The molecule has 0 bridgehead atoms. The average molecular weight is 277 g/mol.